The molecule has 110 valence electrons. The van der Waals surface area contributed by atoms with E-state index in [9.17, 15) is 9.59 Å². The van der Waals surface area contributed by atoms with E-state index >= 15 is 0 Å². The first-order valence-electron chi connectivity index (χ1n) is 6.22. The summed E-state index contributed by atoms with van der Waals surface area (Å²) in [6, 6.07) is 0. The molecule has 1 rings (SSSR count). The molecule has 0 amide bonds. The van der Waals surface area contributed by atoms with Gasteiger partial charge in [0.1, 0.15) is 18.8 Å². The molecule has 0 aliphatic carbocycles. The zero-order chi connectivity index (χ0) is 15.0. The van der Waals surface area contributed by atoms with E-state index in [4.69, 9.17) is 25.4 Å². The first kappa shape index (κ1) is 16.2. The lowest BCUT2D eigenvalue weighted by Gasteiger charge is -2.31. The van der Waals surface area contributed by atoms with Crippen LogP contribution >= 0.6 is 0 Å². The van der Waals surface area contributed by atoms with Gasteiger partial charge in [0.25, 0.3) is 0 Å². The Bertz CT molecular complexity index is 408. The highest BCUT2D eigenvalue weighted by molar-refractivity contribution is 5.66. The van der Waals surface area contributed by atoms with Crippen molar-refractivity contribution in [2.75, 3.05) is 13.2 Å². The number of rotatable bonds is 6. The van der Waals surface area contributed by atoms with Crippen molar-refractivity contribution in [1.29, 1.82) is 0 Å². The molecule has 0 aromatic carbocycles. The van der Waals surface area contributed by atoms with Crippen LogP contribution < -0.4 is 0 Å². The van der Waals surface area contributed by atoms with E-state index in [1.165, 1.54) is 13.8 Å². The number of carbonyl (C=O) groups excluding carboxylic acids is 2. The average molecular weight is 282 g/mol. The van der Waals surface area contributed by atoms with E-state index < -0.39 is 30.4 Å². The van der Waals surface area contributed by atoms with Gasteiger partial charge in [0, 0.05) is 20.3 Å². The van der Waals surface area contributed by atoms with Gasteiger partial charge < -0.3 is 18.9 Å². The third-order valence-electron chi connectivity index (χ3n) is 2.41. The maximum Gasteiger partial charge on any atom is 0.303 e. The number of hydrogen-bond acceptors (Lipinski definition) is 6. The van der Waals surface area contributed by atoms with E-state index in [0.29, 0.717) is 13.0 Å². The Morgan fingerprint density at radius 1 is 1.30 bits per heavy atom. The predicted octanol–water partition coefficient (Wildman–Crippen LogP) is 0.802. The molecule has 1 aliphatic heterocycles. The molecule has 0 bridgehead atoms. The lowest BCUT2D eigenvalue weighted by atomic mass is 10.1. The van der Waals surface area contributed by atoms with Crippen LogP contribution in [0.4, 0.5) is 0 Å². The minimum atomic E-state index is -0.612. The van der Waals surface area contributed by atoms with Gasteiger partial charge in [0.2, 0.25) is 0 Å². The highest BCUT2D eigenvalue weighted by atomic mass is 16.7. The van der Waals surface area contributed by atoms with Gasteiger partial charge in [-0.2, -0.15) is 0 Å². The summed E-state index contributed by atoms with van der Waals surface area (Å²) in [7, 11) is 0. The summed E-state index contributed by atoms with van der Waals surface area (Å²) in [6.45, 7) is 2.92. The van der Waals surface area contributed by atoms with Gasteiger partial charge in [-0.3, -0.25) is 9.59 Å². The zero-order valence-corrected chi connectivity index (χ0v) is 11.5. The molecule has 0 unspecified atom stereocenters. The summed E-state index contributed by atoms with van der Waals surface area (Å²) < 4.78 is 20.9. The fraction of sp³-hybridized carbons (Fsp3) is 0.571. The molecule has 0 aromatic rings. The van der Waals surface area contributed by atoms with Crippen molar-refractivity contribution in [1.82, 2.24) is 0 Å². The second kappa shape index (κ2) is 8.35. The van der Waals surface area contributed by atoms with E-state index in [0.717, 1.165) is 0 Å². The molecule has 0 fully saturated rings. The molecule has 0 aromatic heterocycles. The molecule has 20 heavy (non-hydrogen) atoms. The zero-order valence-electron chi connectivity index (χ0n) is 11.5. The SMILES string of the molecule is C#CCCO[C@@H]1C=C[C@H](OC(C)=O)[C@@H](COC(C)=O)O1. The van der Waals surface area contributed by atoms with Crippen LogP contribution in [-0.2, 0) is 28.5 Å². The van der Waals surface area contributed by atoms with Crippen molar-refractivity contribution in [3.8, 4) is 12.3 Å². The summed E-state index contributed by atoms with van der Waals surface area (Å²) in [6.07, 6.45) is 7.06. The monoisotopic (exact) mass is 282 g/mol. The largest absolute Gasteiger partial charge is 0.463 e. The van der Waals surface area contributed by atoms with Crippen LogP contribution in [0.2, 0.25) is 0 Å². The molecule has 1 heterocycles. The predicted molar refractivity (Wildman–Crippen MR) is 69.4 cm³/mol. The Balaban J connectivity index is 2.59. The molecule has 0 spiro atoms. The normalized spacial score (nSPS) is 24.8. The van der Waals surface area contributed by atoms with Crippen molar-refractivity contribution in [2.24, 2.45) is 0 Å². The van der Waals surface area contributed by atoms with E-state index in [1.54, 1.807) is 12.2 Å². The van der Waals surface area contributed by atoms with Crippen molar-refractivity contribution >= 4 is 11.9 Å². The van der Waals surface area contributed by atoms with Crippen molar-refractivity contribution in [2.45, 2.75) is 38.8 Å². The first-order valence-corrected chi connectivity index (χ1v) is 6.22. The van der Waals surface area contributed by atoms with E-state index in [1.807, 2.05) is 0 Å². The fourth-order valence-electron chi connectivity index (χ4n) is 1.59. The van der Waals surface area contributed by atoms with E-state index in [2.05, 4.69) is 5.92 Å². The van der Waals surface area contributed by atoms with Crippen molar-refractivity contribution in [3.63, 3.8) is 0 Å². The van der Waals surface area contributed by atoms with Gasteiger partial charge in [-0.1, -0.05) is 0 Å². The Hall–Kier alpha value is -1.84. The fourth-order valence-corrected chi connectivity index (χ4v) is 1.59. The number of carbonyl (C=O) groups is 2. The maximum absolute atomic E-state index is 11.0. The maximum atomic E-state index is 11.0. The van der Waals surface area contributed by atoms with Gasteiger partial charge in [0.05, 0.1) is 6.61 Å². The van der Waals surface area contributed by atoms with Crippen LogP contribution in [-0.4, -0.2) is 43.7 Å². The van der Waals surface area contributed by atoms with Gasteiger partial charge in [-0.15, -0.1) is 12.3 Å². The van der Waals surface area contributed by atoms with E-state index in [-0.39, 0.29) is 6.61 Å². The summed E-state index contributed by atoms with van der Waals surface area (Å²) in [4.78, 5) is 21.9. The molecule has 6 heteroatoms. The smallest absolute Gasteiger partial charge is 0.303 e. The van der Waals surface area contributed by atoms with Gasteiger partial charge >= 0.3 is 11.9 Å². The van der Waals surface area contributed by atoms with Crippen LogP contribution in [0.15, 0.2) is 12.2 Å². The molecular formula is C14H18O6. The second-order valence-electron chi connectivity index (χ2n) is 4.13. The van der Waals surface area contributed by atoms with Gasteiger partial charge in [-0.05, 0) is 12.2 Å². The number of esters is 2. The summed E-state index contributed by atoms with van der Waals surface area (Å²) in [5.41, 5.74) is 0. The minimum absolute atomic E-state index is 0.0212. The van der Waals surface area contributed by atoms with Crippen LogP contribution in [0, 0.1) is 12.3 Å². The van der Waals surface area contributed by atoms with Gasteiger partial charge in [0.15, 0.2) is 6.29 Å². The van der Waals surface area contributed by atoms with Crippen molar-refractivity contribution in [3.05, 3.63) is 12.2 Å². The first-order chi connectivity index (χ1) is 9.52. The van der Waals surface area contributed by atoms with Gasteiger partial charge in [-0.25, -0.2) is 0 Å². The molecule has 0 saturated carbocycles. The molecule has 1 aliphatic rings. The lowest BCUT2D eigenvalue weighted by molar-refractivity contribution is -0.196. The van der Waals surface area contributed by atoms with Crippen LogP contribution in [0.25, 0.3) is 0 Å². The second-order valence-corrected chi connectivity index (χ2v) is 4.13. The quantitative estimate of drug-likeness (QED) is 0.311. The molecule has 0 saturated heterocycles. The summed E-state index contributed by atoms with van der Waals surface area (Å²) in [5.74, 6) is 1.57. The number of hydrogen-bond donors (Lipinski definition) is 0. The summed E-state index contributed by atoms with van der Waals surface area (Å²) in [5, 5.41) is 0. The minimum Gasteiger partial charge on any atom is -0.463 e. The summed E-state index contributed by atoms with van der Waals surface area (Å²) >= 11 is 0. The highest BCUT2D eigenvalue weighted by Crippen LogP contribution is 2.18. The Kier molecular flexibility index (Phi) is 6.77. The average Bonchev–Trinajstić information content (AvgIpc) is 2.38. The Morgan fingerprint density at radius 2 is 2.05 bits per heavy atom. The van der Waals surface area contributed by atoms with Crippen LogP contribution in [0.3, 0.4) is 0 Å². The molecular weight excluding hydrogens is 264 g/mol. The molecule has 0 radical (unpaired) electrons. The third-order valence-corrected chi connectivity index (χ3v) is 2.41. The topological polar surface area (TPSA) is 71.1 Å². The molecule has 3 atom stereocenters. The van der Waals surface area contributed by atoms with Crippen LogP contribution in [0.1, 0.15) is 20.3 Å². The van der Waals surface area contributed by atoms with Crippen molar-refractivity contribution < 1.29 is 28.5 Å². The number of ether oxygens (including phenoxy) is 4. The molecule has 0 N–H and O–H groups in total. The highest BCUT2D eigenvalue weighted by Gasteiger charge is 2.30. The lowest BCUT2D eigenvalue weighted by Crippen LogP contribution is -2.42. The Labute approximate surface area is 118 Å². The third kappa shape index (κ3) is 5.87. The molecule has 6 nitrogen and oxygen atoms in total. The van der Waals surface area contributed by atoms with Crippen LogP contribution in [0.5, 0.6) is 0 Å². The standard InChI is InChI=1S/C14H18O6/c1-4-5-8-17-14-7-6-12(19-11(3)16)13(20-14)9-18-10(2)15/h1,6-7,12-14H,5,8-9H2,2-3H3/t12-,13+,14-/m0/s1. The number of terminal acetylenes is 1. The Morgan fingerprint density at radius 3 is 2.65 bits per heavy atom.